The molecular formula is C13H9F3N2O2. The van der Waals surface area contributed by atoms with Gasteiger partial charge >= 0.3 is 6.09 Å². The number of pyridine rings is 1. The van der Waals surface area contributed by atoms with Gasteiger partial charge in [0.1, 0.15) is 17.3 Å². The summed E-state index contributed by atoms with van der Waals surface area (Å²) in [5, 5.41) is 2.14. The molecule has 0 radical (unpaired) electrons. The second-order valence-electron chi connectivity index (χ2n) is 3.69. The zero-order chi connectivity index (χ0) is 14.5. The molecule has 0 saturated carbocycles. The number of para-hydroxylation sites is 1. The van der Waals surface area contributed by atoms with Crippen LogP contribution in [0.2, 0.25) is 0 Å². The molecule has 1 heterocycles. The third kappa shape index (κ3) is 3.47. The van der Waals surface area contributed by atoms with Gasteiger partial charge in [0.05, 0.1) is 0 Å². The second-order valence-corrected chi connectivity index (χ2v) is 3.69. The Labute approximate surface area is 112 Å². The average Bonchev–Trinajstić information content (AvgIpc) is 2.41. The molecule has 2 rings (SSSR count). The molecule has 1 N–H and O–H groups in total. The van der Waals surface area contributed by atoms with Crippen molar-refractivity contribution in [1.82, 2.24) is 4.98 Å². The lowest BCUT2D eigenvalue weighted by Crippen LogP contribution is -2.18. The van der Waals surface area contributed by atoms with Gasteiger partial charge in [-0.15, -0.1) is 0 Å². The Morgan fingerprint density at radius 1 is 1.15 bits per heavy atom. The lowest BCUT2D eigenvalue weighted by atomic mass is 10.3. The van der Waals surface area contributed by atoms with Crippen LogP contribution in [0.5, 0.6) is 5.75 Å². The van der Waals surface area contributed by atoms with E-state index in [1.54, 1.807) is 30.3 Å². The van der Waals surface area contributed by atoms with Gasteiger partial charge < -0.3 is 4.74 Å². The Morgan fingerprint density at radius 2 is 1.85 bits per heavy atom. The Bertz CT molecular complexity index is 606. The van der Waals surface area contributed by atoms with E-state index in [9.17, 15) is 18.0 Å². The number of benzene rings is 1. The predicted molar refractivity (Wildman–Crippen MR) is 65.2 cm³/mol. The molecule has 104 valence electrons. The highest BCUT2D eigenvalue weighted by Crippen LogP contribution is 2.21. The van der Waals surface area contributed by atoms with Crippen LogP contribution in [0.1, 0.15) is 12.1 Å². The van der Waals surface area contributed by atoms with Gasteiger partial charge in [-0.1, -0.05) is 18.2 Å². The number of carbonyl (C=O) groups is 1. The van der Waals surface area contributed by atoms with E-state index < -0.39 is 24.0 Å². The number of rotatable bonds is 3. The number of amides is 1. The highest BCUT2D eigenvalue weighted by Gasteiger charge is 2.16. The number of aromatic nitrogens is 1. The maximum absolute atomic E-state index is 13.0. The fraction of sp³-hybridized carbons (Fsp3) is 0.0769. The van der Waals surface area contributed by atoms with E-state index in [0.717, 1.165) is 12.1 Å². The molecule has 0 aliphatic heterocycles. The monoisotopic (exact) mass is 282 g/mol. The van der Waals surface area contributed by atoms with E-state index in [2.05, 4.69) is 10.3 Å². The summed E-state index contributed by atoms with van der Waals surface area (Å²) in [6.45, 7) is 0. The molecule has 0 aliphatic rings. The van der Waals surface area contributed by atoms with Gasteiger partial charge in [0.2, 0.25) is 0 Å². The van der Waals surface area contributed by atoms with Crippen molar-refractivity contribution in [3.05, 3.63) is 54.0 Å². The average molecular weight is 282 g/mol. The lowest BCUT2D eigenvalue weighted by molar-refractivity contribution is 0.140. The molecule has 20 heavy (non-hydrogen) atoms. The van der Waals surface area contributed by atoms with Crippen LogP contribution in [-0.4, -0.2) is 11.1 Å². The summed E-state index contributed by atoms with van der Waals surface area (Å²) < 4.78 is 42.8. The third-order valence-electron chi connectivity index (χ3n) is 2.26. The highest BCUT2D eigenvalue weighted by molar-refractivity contribution is 5.85. The maximum atomic E-state index is 13.0. The lowest BCUT2D eigenvalue weighted by Gasteiger charge is -2.07. The van der Waals surface area contributed by atoms with Crippen molar-refractivity contribution in [3.8, 4) is 5.75 Å². The fourth-order valence-electron chi connectivity index (χ4n) is 1.41. The Kier molecular flexibility index (Phi) is 4.19. The molecule has 0 aliphatic carbocycles. The first-order valence-corrected chi connectivity index (χ1v) is 5.55. The Hall–Kier alpha value is -2.57. The normalized spacial score (nSPS) is 10.4. The van der Waals surface area contributed by atoms with Crippen molar-refractivity contribution >= 4 is 11.9 Å². The van der Waals surface area contributed by atoms with Crippen LogP contribution in [0, 0.1) is 5.82 Å². The molecule has 1 amide bonds. The molecule has 2 aromatic rings. The van der Waals surface area contributed by atoms with Crippen LogP contribution in [0.3, 0.4) is 0 Å². The Morgan fingerprint density at radius 3 is 2.50 bits per heavy atom. The number of halogens is 3. The molecule has 0 fully saturated rings. The highest BCUT2D eigenvalue weighted by atomic mass is 19.3. The molecule has 0 atom stereocenters. The van der Waals surface area contributed by atoms with Gasteiger partial charge in [0, 0.05) is 0 Å². The largest absolute Gasteiger partial charge is 0.418 e. The zero-order valence-electron chi connectivity index (χ0n) is 10.0. The molecule has 1 aromatic carbocycles. The Balaban J connectivity index is 2.06. The molecule has 0 unspecified atom stereocenters. The first-order chi connectivity index (χ1) is 9.56. The molecule has 1 aromatic heterocycles. The van der Waals surface area contributed by atoms with E-state index in [1.165, 1.54) is 0 Å². The number of hydrogen-bond acceptors (Lipinski definition) is 3. The minimum atomic E-state index is -3.07. The van der Waals surface area contributed by atoms with Crippen molar-refractivity contribution in [2.24, 2.45) is 0 Å². The number of carbonyl (C=O) groups excluding carboxylic acids is 1. The first-order valence-electron chi connectivity index (χ1n) is 5.55. The zero-order valence-corrected chi connectivity index (χ0v) is 10.0. The van der Waals surface area contributed by atoms with Crippen LogP contribution in [-0.2, 0) is 0 Å². The van der Waals surface area contributed by atoms with Crippen LogP contribution in [0.4, 0.5) is 23.8 Å². The number of nitrogens with zero attached hydrogens (tertiary/aromatic N) is 1. The van der Waals surface area contributed by atoms with Gasteiger partial charge in [0.25, 0.3) is 6.43 Å². The molecule has 0 saturated heterocycles. The number of nitrogens with one attached hydrogen (secondary N) is 1. The van der Waals surface area contributed by atoms with E-state index in [4.69, 9.17) is 4.74 Å². The summed E-state index contributed by atoms with van der Waals surface area (Å²) in [6, 6.07) is 10.0. The standard InChI is InChI=1S/C13H9F3N2O2/c14-9-6-7-10(17-11(9)12(15)16)18-13(19)20-8-4-2-1-3-5-8/h1-7,12H,(H,17,18,19). The van der Waals surface area contributed by atoms with Crippen LogP contribution in [0.25, 0.3) is 0 Å². The molecule has 7 heteroatoms. The summed E-state index contributed by atoms with van der Waals surface area (Å²) in [7, 11) is 0. The molecular weight excluding hydrogens is 273 g/mol. The van der Waals surface area contributed by atoms with Crippen molar-refractivity contribution in [1.29, 1.82) is 0 Å². The van der Waals surface area contributed by atoms with E-state index >= 15 is 0 Å². The number of hydrogen-bond donors (Lipinski definition) is 1. The van der Waals surface area contributed by atoms with Crippen LogP contribution >= 0.6 is 0 Å². The number of anilines is 1. The van der Waals surface area contributed by atoms with Crippen LogP contribution in [0.15, 0.2) is 42.5 Å². The van der Waals surface area contributed by atoms with Crippen molar-refractivity contribution in [2.75, 3.05) is 5.32 Å². The molecule has 4 nitrogen and oxygen atoms in total. The quantitative estimate of drug-likeness (QED) is 0.932. The van der Waals surface area contributed by atoms with Crippen molar-refractivity contribution in [2.45, 2.75) is 6.43 Å². The third-order valence-corrected chi connectivity index (χ3v) is 2.26. The minimum absolute atomic E-state index is 0.220. The molecule has 0 spiro atoms. The summed E-state index contributed by atoms with van der Waals surface area (Å²) in [5.41, 5.74) is -1.03. The topological polar surface area (TPSA) is 51.2 Å². The van der Waals surface area contributed by atoms with Gasteiger partial charge in [-0.3, -0.25) is 5.32 Å². The maximum Gasteiger partial charge on any atom is 0.418 e. The van der Waals surface area contributed by atoms with Gasteiger partial charge in [-0.2, -0.15) is 0 Å². The van der Waals surface area contributed by atoms with Gasteiger partial charge in [-0.05, 0) is 24.3 Å². The summed E-state index contributed by atoms with van der Waals surface area (Å²) in [6.07, 6.45) is -3.97. The van der Waals surface area contributed by atoms with E-state index in [-0.39, 0.29) is 11.6 Å². The summed E-state index contributed by atoms with van der Waals surface area (Å²) in [4.78, 5) is 14.8. The number of ether oxygens (including phenoxy) is 1. The summed E-state index contributed by atoms with van der Waals surface area (Å²) >= 11 is 0. The molecule has 0 bridgehead atoms. The smallest absolute Gasteiger partial charge is 0.410 e. The number of alkyl halides is 2. The second kappa shape index (κ2) is 6.05. The van der Waals surface area contributed by atoms with Gasteiger partial charge in [0.15, 0.2) is 5.82 Å². The minimum Gasteiger partial charge on any atom is -0.410 e. The summed E-state index contributed by atoms with van der Waals surface area (Å²) in [5.74, 6) is -1.08. The van der Waals surface area contributed by atoms with Crippen molar-refractivity contribution in [3.63, 3.8) is 0 Å². The fourth-order valence-corrected chi connectivity index (χ4v) is 1.41. The predicted octanol–water partition coefficient (Wildman–Crippen LogP) is 3.77. The van der Waals surface area contributed by atoms with Gasteiger partial charge in [-0.25, -0.2) is 22.9 Å². The van der Waals surface area contributed by atoms with Crippen molar-refractivity contribution < 1.29 is 22.7 Å². The van der Waals surface area contributed by atoms with E-state index in [1.807, 2.05) is 0 Å². The van der Waals surface area contributed by atoms with Crippen LogP contribution < -0.4 is 10.1 Å². The first kappa shape index (κ1) is 13.9. The van der Waals surface area contributed by atoms with E-state index in [0.29, 0.717) is 0 Å². The SMILES string of the molecule is O=C(Nc1ccc(F)c(C(F)F)n1)Oc1ccccc1.